The van der Waals surface area contributed by atoms with Crippen molar-refractivity contribution >= 4 is 16.9 Å². The standard InChI is InChI=1S/C21H25N3O3/c1-26-15-7-3-2-4-8-16-27-18-13-11-17(12-14-18)21(25)24-20-10-6-5-9-19(20)22-23-24/h5-6,9-14H,2-4,7-8,15-16H2,1H3. The molecule has 6 heteroatoms. The van der Waals surface area contributed by atoms with Crippen molar-refractivity contribution in [3.8, 4) is 5.75 Å². The zero-order chi connectivity index (χ0) is 18.9. The number of hydrogen-bond acceptors (Lipinski definition) is 5. The summed E-state index contributed by atoms with van der Waals surface area (Å²) in [6, 6.07) is 14.6. The van der Waals surface area contributed by atoms with Gasteiger partial charge in [-0.25, -0.2) is 0 Å². The van der Waals surface area contributed by atoms with Crippen molar-refractivity contribution < 1.29 is 14.3 Å². The molecule has 0 saturated heterocycles. The molecule has 1 heterocycles. The number of benzene rings is 2. The van der Waals surface area contributed by atoms with E-state index in [0.29, 0.717) is 23.2 Å². The van der Waals surface area contributed by atoms with Gasteiger partial charge in [0.1, 0.15) is 11.3 Å². The number of aromatic nitrogens is 3. The van der Waals surface area contributed by atoms with Crippen LogP contribution in [0.1, 0.15) is 42.5 Å². The number of methoxy groups -OCH3 is 1. The molecule has 2 aromatic carbocycles. The van der Waals surface area contributed by atoms with E-state index in [1.807, 2.05) is 36.4 Å². The quantitative estimate of drug-likeness (QED) is 0.505. The molecule has 0 radical (unpaired) electrons. The fourth-order valence-electron chi connectivity index (χ4n) is 2.90. The highest BCUT2D eigenvalue weighted by atomic mass is 16.5. The maximum atomic E-state index is 12.7. The Morgan fingerprint density at radius 1 is 0.926 bits per heavy atom. The molecule has 0 bridgehead atoms. The zero-order valence-electron chi connectivity index (χ0n) is 15.6. The van der Waals surface area contributed by atoms with Gasteiger partial charge in [-0.05, 0) is 49.2 Å². The van der Waals surface area contributed by atoms with Crippen LogP contribution in [0.3, 0.4) is 0 Å². The van der Waals surface area contributed by atoms with E-state index in [1.54, 1.807) is 19.2 Å². The Kier molecular flexibility index (Phi) is 6.93. The van der Waals surface area contributed by atoms with Gasteiger partial charge in [0.15, 0.2) is 0 Å². The third-order valence-corrected chi connectivity index (χ3v) is 4.41. The Labute approximate surface area is 159 Å². The summed E-state index contributed by atoms with van der Waals surface area (Å²) in [5.41, 5.74) is 1.96. The second-order valence-corrected chi connectivity index (χ2v) is 6.43. The maximum Gasteiger partial charge on any atom is 0.280 e. The van der Waals surface area contributed by atoms with Crippen LogP contribution in [0.15, 0.2) is 48.5 Å². The summed E-state index contributed by atoms with van der Waals surface area (Å²) in [4.78, 5) is 12.7. The van der Waals surface area contributed by atoms with Gasteiger partial charge in [0.05, 0.1) is 12.1 Å². The molecule has 0 fully saturated rings. The van der Waals surface area contributed by atoms with Crippen LogP contribution in [0.5, 0.6) is 5.75 Å². The van der Waals surface area contributed by atoms with E-state index in [-0.39, 0.29) is 5.91 Å². The molecule has 3 rings (SSSR count). The fourth-order valence-corrected chi connectivity index (χ4v) is 2.90. The lowest BCUT2D eigenvalue weighted by molar-refractivity contribution is 0.0948. The second-order valence-electron chi connectivity index (χ2n) is 6.43. The number of rotatable bonds is 10. The first-order valence-corrected chi connectivity index (χ1v) is 9.36. The van der Waals surface area contributed by atoms with E-state index in [9.17, 15) is 4.79 Å². The molecule has 6 nitrogen and oxygen atoms in total. The topological polar surface area (TPSA) is 66.2 Å². The normalized spacial score (nSPS) is 11.0. The number of carbonyl (C=O) groups excluding carboxylic acids is 1. The van der Waals surface area contributed by atoms with Gasteiger partial charge in [0.25, 0.3) is 5.91 Å². The molecule has 0 spiro atoms. The number of unbranched alkanes of at least 4 members (excludes halogenated alkanes) is 4. The lowest BCUT2D eigenvalue weighted by atomic mass is 10.1. The molecule has 1 aromatic heterocycles. The predicted molar refractivity (Wildman–Crippen MR) is 104 cm³/mol. The van der Waals surface area contributed by atoms with E-state index in [0.717, 1.165) is 31.6 Å². The Bertz CT molecular complexity index is 858. The van der Waals surface area contributed by atoms with Crippen LogP contribution in [-0.4, -0.2) is 41.2 Å². The fraction of sp³-hybridized carbons (Fsp3) is 0.381. The zero-order valence-corrected chi connectivity index (χ0v) is 15.6. The van der Waals surface area contributed by atoms with Crippen LogP contribution in [0.25, 0.3) is 11.0 Å². The SMILES string of the molecule is COCCCCCCCOc1ccc(C(=O)n2nnc3ccccc32)cc1. The minimum Gasteiger partial charge on any atom is -0.494 e. The van der Waals surface area contributed by atoms with Crippen LogP contribution < -0.4 is 4.74 Å². The van der Waals surface area contributed by atoms with Crippen molar-refractivity contribution in [2.24, 2.45) is 0 Å². The first-order chi connectivity index (χ1) is 13.3. The molecule has 27 heavy (non-hydrogen) atoms. The van der Waals surface area contributed by atoms with E-state index < -0.39 is 0 Å². The number of ether oxygens (including phenoxy) is 2. The molecule has 0 aliphatic rings. The monoisotopic (exact) mass is 367 g/mol. The third-order valence-electron chi connectivity index (χ3n) is 4.41. The summed E-state index contributed by atoms with van der Waals surface area (Å²) in [6.45, 7) is 1.53. The van der Waals surface area contributed by atoms with E-state index >= 15 is 0 Å². The first kappa shape index (κ1) is 19.0. The van der Waals surface area contributed by atoms with Crippen molar-refractivity contribution in [1.82, 2.24) is 15.0 Å². The summed E-state index contributed by atoms with van der Waals surface area (Å²) in [6.07, 6.45) is 5.69. The van der Waals surface area contributed by atoms with Crippen molar-refractivity contribution in [2.45, 2.75) is 32.1 Å². The van der Waals surface area contributed by atoms with Gasteiger partial charge >= 0.3 is 0 Å². The Morgan fingerprint density at radius 2 is 1.63 bits per heavy atom. The van der Waals surface area contributed by atoms with E-state index in [4.69, 9.17) is 9.47 Å². The number of para-hydroxylation sites is 1. The summed E-state index contributed by atoms with van der Waals surface area (Å²) in [7, 11) is 1.74. The molecule has 3 aromatic rings. The Hall–Kier alpha value is -2.73. The average molecular weight is 367 g/mol. The van der Waals surface area contributed by atoms with Gasteiger partial charge in [-0.2, -0.15) is 4.68 Å². The van der Waals surface area contributed by atoms with E-state index in [1.165, 1.54) is 17.5 Å². The first-order valence-electron chi connectivity index (χ1n) is 9.36. The lowest BCUT2D eigenvalue weighted by Crippen LogP contribution is -2.13. The van der Waals surface area contributed by atoms with E-state index in [2.05, 4.69) is 10.3 Å². The Balaban J connectivity index is 1.48. The maximum absolute atomic E-state index is 12.7. The smallest absolute Gasteiger partial charge is 0.280 e. The molecule has 0 amide bonds. The molecule has 142 valence electrons. The molecule has 0 N–H and O–H groups in total. The minimum absolute atomic E-state index is 0.202. The van der Waals surface area contributed by atoms with Crippen LogP contribution in [0.2, 0.25) is 0 Å². The Morgan fingerprint density at radius 3 is 2.41 bits per heavy atom. The van der Waals surface area contributed by atoms with Crippen molar-refractivity contribution in [2.75, 3.05) is 20.3 Å². The third kappa shape index (κ3) is 5.14. The summed E-state index contributed by atoms with van der Waals surface area (Å²) >= 11 is 0. The molecule has 0 saturated carbocycles. The summed E-state index contributed by atoms with van der Waals surface area (Å²) in [5, 5.41) is 7.99. The van der Waals surface area contributed by atoms with Crippen LogP contribution in [0, 0.1) is 0 Å². The molecule has 0 unspecified atom stereocenters. The van der Waals surface area contributed by atoms with Crippen molar-refractivity contribution in [3.63, 3.8) is 0 Å². The van der Waals surface area contributed by atoms with Gasteiger partial charge < -0.3 is 9.47 Å². The van der Waals surface area contributed by atoms with Gasteiger partial charge in [-0.15, -0.1) is 5.10 Å². The molecule has 0 atom stereocenters. The predicted octanol–water partition coefficient (Wildman–Crippen LogP) is 4.10. The van der Waals surface area contributed by atoms with Crippen LogP contribution in [0.4, 0.5) is 0 Å². The lowest BCUT2D eigenvalue weighted by Gasteiger charge is -2.07. The largest absolute Gasteiger partial charge is 0.494 e. The number of fused-ring (bicyclic) bond motifs is 1. The highest BCUT2D eigenvalue weighted by Gasteiger charge is 2.13. The second kappa shape index (κ2) is 9.83. The highest BCUT2D eigenvalue weighted by molar-refractivity contribution is 6.00. The van der Waals surface area contributed by atoms with Crippen molar-refractivity contribution in [3.05, 3.63) is 54.1 Å². The molecular weight excluding hydrogens is 342 g/mol. The van der Waals surface area contributed by atoms with Crippen LogP contribution >= 0.6 is 0 Å². The van der Waals surface area contributed by atoms with Gasteiger partial charge in [-0.1, -0.05) is 36.6 Å². The number of hydrogen-bond donors (Lipinski definition) is 0. The molecule has 0 aliphatic heterocycles. The summed E-state index contributed by atoms with van der Waals surface area (Å²) < 4.78 is 12.1. The molecule has 0 aliphatic carbocycles. The average Bonchev–Trinajstić information content (AvgIpc) is 3.14. The van der Waals surface area contributed by atoms with Crippen LogP contribution in [-0.2, 0) is 4.74 Å². The van der Waals surface area contributed by atoms with Crippen molar-refractivity contribution in [1.29, 1.82) is 0 Å². The van der Waals surface area contributed by atoms with Gasteiger partial charge in [-0.3, -0.25) is 4.79 Å². The highest BCUT2D eigenvalue weighted by Crippen LogP contribution is 2.16. The number of carbonyl (C=O) groups is 1. The summed E-state index contributed by atoms with van der Waals surface area (Å²) in [5.74, 6) is 0.570. The molecular formula is C21H25N3O3. The number of nitrogens with zero attached hydrogens (tertiary/aromatic N) is 3. The van der Waals surface area contributed by atoms with Gasteiger partial charge in [0.2, 0.25) is 0 Å². The minimum atomic E-state index is -0.202. The van der Waals surface area contributed by atoms with Gasteiger partial charge in [0, 0.05) is 19.3 Å².